The van der Waals surface area contributed by atoms with Gasteiger partial charge in [-0.2, -0.15) is 4.99 Å². The maximum Gasteiger partial charge on any atom is 0.350 e. The Labute approximate surface area is 63.4 Å². The van der Waals surface area contributed by atoms with Gasteiger partial charge < -0.3 is 4.74 Å². The van der Waals surface area contributed by atoms with E-state index in [9.17, 15) is 9.59 Å². The standard InChI is InChI=1S/C6H8N2O3/c1-2-11-5-3-4(9)7-6(10)8-5/h2-3H2,1H3,(H,7,9,10). The smallest absolute Gasteiger partial charge is 0.350 e. The van der Waals surface area contributed by atoms with Gasteiger partial charge in [-0.05, 0) is 6.92 Å². The molecule has 3 amide bonds. The molecule has 1 aliphatic heterocycles. The summed E-state index contributed by atoms with van der Waals surface area (Å²) in [7, 11) is 0. The van der Waals surface area contributed by atoms with Crippen molar-refractivity contribution in [3.05, 3.63) is 0 Å². The van der Waals surface area contributed by atoms with Crippen LogP contribution in [-0.2, 0) is 9.53 Å². The van der Waals surface area contributed by atoms with Crippen molar-refractivity contribution >= 4 is 17.8 Å². The van der Waals surface area contributed by atoms with Gasteiger partial charge in [-0.3, -0.25) is 10.1 Å². The number of nitrogens with one attached hydrogen (secondary N) is 1. The fourth-order valence-electron chi connectivity index (χ4n) is 0.731. The van der Waals surface area contributed by atoms with Gasteiger partial charge in [0.25, 0.3) is 0 Å². The maximum atomic E-state index is 10.7. The van der Waals surface area contributed by atoms with Gasteiger partial charge in [-0.25, -0.2) is 4.79 Å². The minimum Gasteiger partial charge on any atom is -0.481 e. The second-order valence-corrected chi connectivity index (χ2v) is 1.97. The highest BCUT2D eigenvalue weighted by Gasteiger charge is 2.18. The molecule has 5 heteroatoms. The number of aliphatic imine (C=N–C) groups is 1. The van der Waals surface area contributed by atoms with E-state index in [0.29, 0.717) is 6.61 Å². The molecule has 0 aromatic heterocycles. The van der Waals surface area contributed by atoms with Crippen molar-refractivity contribution in [2.24, 2.45) is 4.99 Å². The van der Waals surface area contributed by atoms with E-state index in [1.807, 2.05) is 5.32 Å². The van der Waals surface area contributed by atoms with Crippen LogP contribution in [0.4, 0.5) is 4.79 Å². The zero-order valence-corrected chi connectivity index (χ0v) is 6.09. The summed E-state index contributed by atoms with van der Waals surface area (Å²) in [6, 6.07) is -0.648. The predicted molar refractivity (Wildman–Crippen MR) is 37.2 cm³/mol. The van der Waals surface area contributed by atoms with E-state index < -0.39 is 6.03 Å². The summed E-state index contributed by atoms with van der Waals surface area (Å²) in [4.78, 5) is 24.7. The number of nitrogens with zero attached hydrogens (tertiary/aromatic N) is 1. The Hall–Kier alpha value is -1.39. The minimum atomic E-state index is -0.648. The maximum absolute atomic E-state index is 10.7. The molecule has 0 unspecified atom stereocenters. The summed E-state index contributed by atoms with van der Waals surface area (Å²) in [5.74, 6) is -0.172. The van der Waals surface area contributed by atoms with Crippen LogP contribution in [0.1, 0.15) is 13.3 Å². The van der Waals surface area contributed by atoms with Gasteiger partial charge in [0, 0.05) is 0 Å². The molecule has 1 heterocycles. The van der Waals surface area contributed by atoms with Crippen LogP contribution in [0.5, 0.6) is 0 Å². The van der Waals surface area contributed by atoms with Crippen molar-refractivity contribution in [2.75, 3.05) is 6.61 Å². The third kappa shape index (κ3) is 2.03. The number of rotatable bonds is 1. The number of carbonyl (C=O) groups excluding carboxylic acids is 2. The summed E-state index contributed by atoms with van der Waals surface area (Å²) >= 11 is 0. The van der Waals surface area contributed by atoms with Crippen LogP contribution in [0.15, 0.2) is 4.99 Å². The molecule has 0 atom stereocenters. The fraction of sp³-hybridized carbons (Fsp3) is 0.500. The van der Waals surface area contributed by atoms with E-state index in [1.165, 1.54) is 0 Å². The highest BCUT2D eigenvalue weighted by atomic mass is 16.5. The van der Waals surface area contributed by atoms with Crippen LogP contribution in [-0.4, -0.2) is 24.4 Å². The first-order chi connectivity index (χ1) is 5.22. The lowest BCUT2D eigenvalue weighted by molar-refractivity contribution is -0.119. The average Bonchev–Trinajstić information content (AvgIpc) is 1.85. The summed E-state index contributed by atoms with van der Waals surface area (Å²) in [5, 5.41) is 2.02. The largest absolute Gasteiger partial charge is 0.481 e. The molecule has 11 heavy (non-hydrogen) atoms. The Morgan fingerprint density at radius 1 is 1.64 bits per heavy atom. The fourth-order valence-corrected chi connectivity index (χ4v) is 0.731. The molecular weight excluding hydrogens is 148 g/mol. The Kier molecular flexibility index (Phi) is 2.20. The predicted octanol–water partition coefficient (Wildman–Crippen LogP) is 0.0613. The van der Waals surface area contributed by atoms with E-state index in [4.69, 9.17) is 4.74 Å². The molecule has 0 bridgehead atoms. The number of ether oxygens (including phenoxy) is 1. The highest BCUT2D eigenvalue weighted by Crippen LogP contribution is 1.97. The SMILES string of the molecule is CCOC1=NC(=O)NC(=O)C1. The lowest BCUT2D eigenvalue weighted by Crippen LogP contribution is -2.35. The van der Waals surface area contributed by atoms with Gasteiger partial charge >= 0.3 is 6.03 Å². The number of hydrogen-bond acceptors (Lipinski definition) is 3. The molecule has 0 aromatic carbocycles. The first-order valence-corrected chi connectivity index (χ1v) is 3.26. The Morgan fingerprint density at radius 2 is 2.36 bits per heavy atom. The van der Waals surface area contributed by atoms with E-state index >= 15 is 0 Å². The number of amides is 3. The Balaban J connectivity index is 2.64. The van der Waals surface area contributed by atoms with Crippen LogP contribution in [0.25, 0.3) is 0 Å². The molecule has 0 saturated carbocycles. The van der Waals surface area contributed by atoms with Gasteiger partial charge in [-0.1, -0.05) is 0 Å². The molecule has 60 valence electrons. The monoisotopic (exact) mass is 156 g/mol. The average molecular weight is 156 g/mol. The molecule has 0 aliphatic carbocycles. The summed E-state index contributed by atoms with van der Waals surface area (Å²) in [5.41, 5.74) is 0. The summed E-state index contributed by atoms with van der Waals surface area (Å²) < 4.78 is 4.89. The van der Waals surface area contributed by atoms with Crippen LogP contribution in [0.3, 0.4) is 0 Å². The van der Waals surface area contributed by atoms with Gasteiger partial charge in [0.2, 0.25) is 11.8 Å². The zero-order valence-electron chi connectivity index (χ0n) is 6.09. The topological polar surface area (TPSA) is 67.8 Å². The first kappa shape index (κ1) is 7.71. The van der Waals surface area contributed by atoms with Gasteiger partial charge in [-0.15, -0.1) is 0 Å². The third-order valence-electron chi connectivity index (χ3n) is 1.10. The van der Waals surface area contributed by atoms with Crippen molar-refractivity contribution in [3.63, 3.8) is 0 Å². The van der Waals surface area contributed by atoms with Crippen molar-refractivity contribution in [3.8, 4) is 0 Å². The van der Waals surface area contributed by atoms with Crippen molar-refractivity contribution in [1.82, 2.24) is 5.32 Å². The lowest BCUT2D eigenvalue weighted by atomic mass is 10.3. The quantitative estimate of drug-likeness (QED) is 0.583. The van der Waals surface area contributed by atoms with Gasteiger partial charge in [0.1, 0.15) is 6.42 Å². The van der Waals surface area contributed by atoms with Crippen molar-refractivity contribution in [1.29, 1.82) is 0 Å². The first-order valence-electron chi connectivity index (χ1n) is 3.26. The van der Waals surface area contributed by atoms with Gasteiger partial charge in [0.15, 0.2) is 0 Å². The van der Waals surface area contributed by atoms with Crippen LogP contribution in [0.2, 0.25) is 0 Å². The van der Waals surface area contributed by atoms with E-state index in [2.05, 4.69) is 4.99 Å². The van der Waals surface area contributed by atoms with Crippen LogP contribution in [0, 0.1) is 0 Å². The summed E-state index contributed by atoms with van der Waals surface area (Å²) in [6.45, 7) is 2.18. The molecule has 0 radical (unpaired) electrons. The molecule has 0 fully saturated rings. The Morgan fingerprint density at radius 3 is 2.91 bits per heavy atom. The van der Waals surface area contributed by atoms with E-state index in [-0.39, 0.29) is 18.2 Å². The second kappa shape index (κ2) is 3.14. The van der Waals surface area contributed by atoms with Crippen molar-refractivity contribution < 1.29 is 14.3 Å². The highest BCUT2D eigenvalue weighted by molar-refractivity contribution is 6.11. The van der Waals surface area contributed by atoms with Gasteiger partial charge in [0.05, 0.1) is 6.61 Å². The van der Waals surface area contributed by atoms with Crippen LogP contribution < -0.4 is 5.32 Å². The molecule has 5 nitrogen and oxygen atoms in total. The molecule has 1 N–H and O–H groups in total. The van der Waals surface area contributed by atoms with Crippen LogP contribution >= 0.6 is 0 Å². The third-order valence-corrected chi connectivity index (χ3v) is 1.10. The number of hydrogen-bond donors (Lipinski definition) is 1. The van der Waals surface area contributed by atoms with E-state index in [1.54, 1.807) is 6.92 Å². The Bertz CT molecular complexity index is 222. The minimum absolute atomic E-state index is 0.0551. The van der Waals surface area contributed by atoms with Crippen molar-refractivity contribution in [2.45, 2.75) is 13.3 Å². The summed E-state index contributed by atoms with van der Waals surface area (Å²) in [6.07, 6.45) is 0.0551. The molecular formula is C6H8N2O3. The number of imide groups is 1. The molecule has 0 spiro atoms. The van der Waals surface area contributed by atoms with E-state index in [0.717, 1.165) is 0 Å². The second-order valence-electron chi connectivity index (χ2n) is 1.97. The number of urea groups is 1. The molecule has 1 rings (SSSR count). The molecule has 0 aromatic rings. The molecule has 0 saturated heterocycles. The zero-order chi connectivity index (χ0) is 8.27. The normalized spacial score (nSPS) is 17.4. The molecule has 1 aliphatic rings. The lowest BCUT2D eigenvalue weighted by Gasteiger charge is -2.10. The number of carbonyl (C=O) groups is 2.